The summed E-state index contributed by atoms with van der Waals surface area (Å²) in [5.41, 5.74) is 1.31. The molecule has 3 rings (SSSR count). The van der Waals surface area contributed by atoms with Gasteiger partial charge in [-0.15, -0.1) is 11.3 Å². The predicted molar refractivity (Wildman–Crippen MR) is 117 cm³/mol. The minimum absolute atomic E-state index is 0.0651. The van der Waals surface area contributed by atoms with E-state index in [0.717, 1.165) is 19.8 Å². The minimum atomic E-state index is -3.81. The molecular weight excluding hydrogens is 474 g/mol. The van der Waals surface area contributed by atoms with Crippen LogP contribution in [0.3, 0.4) is 0 Å². The summed E-state index contributed by atoms with van der Waals surface area (Å²) in [5.74, 6) is -0.591. The van der Waals surface area contributed by atoms with Crippen molar-refractivity contribution in [2.24, 2.45) is 5.14 Å². The van der Waals surface area contributed by atoms with E-state index in [2.05, 4.69) is 21.2 Å². The van der Waals surface area contributed by atoms with Crippen molar-refractivity contribution < 1.29 is 13.2 Å². The van der Waals surface area contributed by atoms with Gasteiger partial charge < -0.3 is 5.32 Å². The molecule has 0 unspecified atom stereocenters. The molecule has 6 nitrogen and oxygen atoms in total. The van der Waals surface area contributed by atoms with Crippen LogP contribution in [0.5, 0.6) is 0 Å². The van der Waals surface area contributed by atoms with Crippen LogP contribution in [0, 0.1) is 11.3 Å². The summed E-state index contributed by atoms with van der Waals surface area (Å²) in [6, 6.07) is 18.8. The highest BCUT2D eigenvalue weighted by Gasteiger charge is 2.13. The van der Waals surface area contributed by atoms with E-state index in [1.54, 1.807) is 0 Å². The highest BCUT2D eigenvalue weighted by Crippen LogP contribution is 2.34. The van der Waals surface area contributed by atoms with Crippen LogP contribution in [-0.2, 0) is 14.8 Å². The van der Waals surface area contributed by atoms with E-state index in [1.807, 2.05) is 42.5 Å². The van der Waals surface area contributed by atoms with Crippen LogP contribution in [0.4, 0.5) is 5.69 Å². The fraction of sp³-hybridized carbons (Fsp3) is 0. The first-order chi connectivity index (χ1) is 13.8. The Hall–Kier alpha value is -2.77. The van der Waals surface area contributed by atoms with Crippen LogP contribution in [0.1, 0.15) is 4.88 Å². The molecule has 0 aliphatic heterocycles. The van der Waals surface area contributed by atoms with Crippen molar-refractivity contribution in [3.63, 3.8) is 0 Å². The van der Waals surface area contributed by atoms with Gasteiger partial charge in [0.05, 0.1) is 4.90 Å². The van der Waals surface area contributed by atoms with E-state index < -0.39 is 15.9 Å². The van der Waals surface area contributed by atoms with Gasteiger partial charge in [0.1, 0.15) is 11.6 Å². The first-order valence-electron chi connectivity index (χ1n) is 8.18. The van der Waals surface area contributed by atoms with Crippen LogP contribution in [0.25, 0.3) is 16.5 Å². The number of nitrogens with two attached hydrogens (primary N) is 1. The summed E-state index contributed by atoms with van der Waals surface area (Å²) in [5, 5.41) is 17.0. The van der Waals surface area contributed by atoms with Crippen molar-refractivity contribution in [2.75, 3.05) is 5.32 Å². The van der Waals surface area contributed by atoms with E-state index >= 15 is 0 Å². The Bertz CT molecular complexity index is 1240. The average Bonchev–Trinajstić information content (AvgIpc) is 3.14. The SMILES string of the molecule is N#C/C(=C\c1ccc(-c2ccccc2Br)s1)C(=O)Nc1ccc(S(N)(=O)=O)cc1. The van der Waals surface area contributed by atoms with Gasteiger partial charge in [0.25, 0.3) is 5.91 Å². The quantitative estimate of drug-likeness (QED) is 0.410. The third-order valence-electron chi connectivity index (χ3n) is 3.86. The molecule has 3 N–H and O–H groups in total. The number of halogens is 1. The van der Waals surface area contributed by atoms with Crippen molar-refractivity contribution in [3.8, 4) is 16.5 Å². The third-order valence-corrected chi connectivity index (χ3v) is 6.54. The second kappa shape index (κ2) is 8.71. The lowest BCUT2D eigenvalue weighted by Gasteiger charge is -2.05. The number of benzene rings is 2. The molecule has 0 spiro atoms. The van der Waals surface area contributed by atoms with Gasteiger partial charge in [0, 0.05) is 25.5 Å². The maximum absolute atomic E-state index is 12.4. The smallest absolute Gasteiger partial charge is 0.266 e. The van der Waals surface area contributed by atoms with Crippen LogP contribution >= 0.6 is 27.3 Å². The number of hydrogen-bond acceptors (Lipinski definition) is 5. The molecule has 0 bridgehead atoms. The van der Waals surface area contributed by atoms with E-state index in [9.17, 15) is 18.5 Å². The fourth-order valence-electron chi connectivity index (χ4n) is 2.45. The molecule has 9 heteroatoms. The van der Waals surface area contributed by atoms with Crippen molar-refractivity contribution in [3.05, 3.63) is 75.6 Å². The topological polar surface area (TPSA) is 113 Å². The fourth-order valence-corrected chi connectivity index (χ4v) is 4.59. The zero-order valence-corrected chi connectivity index (χ0v) is 18.0. The van der Waals surface area contributed by atoms with Gasteiger partial charge in [-0.05, 0) is 48.5 Å². The van der Waals surface area contributed by atoms with E-state index in [0.29, 0.717) is 5.69 Å². The molecule has 0 saturated heterocycles. The lowest BCUT2D eigenvalue weighted by atomic mass is 10.2. The Morgan fingerprint density at radius 3 is 2.41 bits per heavy atom. The molecule has 0 radical (unpaired) electrons. The Kier molecular flexibility index (Phi) is 6.30. The molecule has 3 aromatic rings. The molecule has 1 aromatic heterocycles. The summed E-state index contributed by atoms with van der Waals surface area (Å²) < 4.78 is 23.5. The summed E-state index contributed by atoms with van der Waals surface area (Å²) in [6.45, 7) is 0. The Balaban J connectivity index is 1.79. The molecule has 1 heterocycles. The second-order valence-electron chi connectivity index (χ2n) is 5.88. The van der Waals surface area contributed by atoms with Gasteiger partial charge in [-0.1, -0.05) is 34.1 Å². The zero-order valence-electron chi connectivity index (χ0n) is 14.8. The number of carbonyl (C=O) groups is 1. The highest BCUT2D eigenvalue weighted by atomic mass is 79.9. The number of thiophene rings is 1. The van der Waals surface area contributed by atoms with Gasteiger partial charge in [-0.25, -0.2) is 13.6 Å². The minimum Gasteiger partial charge on any atom is -0.321 e. The largest absolute Gasteiger partial charge is 0.321 e. The molecule has 29 heavy (non-hydrogen) atoms. The maximum Gasteiger partial charge on any atom is 0.266 e. The predicted octanol–water partition coefficient (Wildman–Crippen LogP) is 4.37. The van der Waals surface area contributed by atoms with Crippen molar-refractivity contribution in [1.29, 1.82) is 5.26 Å². The van der Waals surface area contributed by atoms with Crippen LogP contribution in [-0.4, -0.2) is 14.3 Å². The summed E-state index contributed by atoms with van der Waals surface area (Å²) in [4.78, 5) is 14.1. The number of rotatable bonds is 5. The van der Waals surface area contributed by atoms with Crippen molar-refractivity contribution in [2.45, 2.75) is 4.90 Å². The molecule has 1 amide bonds. The highest BCUT2D eigenvalue weighted by molar-refractivity contribution is 9.10. The number of nitrogens with zero attached hydrogens (tertiary/aromatic N) is 1. The van der Waals surface area contributed by atoms with E-state index in [4.69, 9.17) is 5.14 Å². The number of nitrogens with one attached hydrogen (secondary N) is 1. The number of sulfonamides is 1. The summed E-state index contributed by atoms with van der Waals surface area (Å²) in [7, 11) is -3.81. The van der Waals surface area contributed by atoms with Gasteiger partial charge in [0.2, 0.25) is 10.0 Å². The third kappa shape index (κ3) is 5.19. The molecule has 0 atom stereocenters. The first kappa shape index (κ1) is 21.0. The monoisotopic (exact) mass is 487 g/mol. The number of amides is 1. The van der Waals surface area contributed by atoms with Crippen molar-refractivity contribution in [1.82, 2.24) is 0 Å². The normalized spacial score (nSPS) is 11.7. The van der Waals surface area contributed by atoms with Gasteiger partial charge in [0.15, 0.2) is 0 Å². The Morgan fingerprint density at radius 2 is 1.79 bits per heavy atom. The molecule has 0 fully saturated rings. The molecule has 2 aromatic carbocycles. The molecule has 146 valence electrons. The molecule has 0 aliphatic rings. The Labute approximate surface area is 180 Å². The second-order valence-corrected chi connectivity index (χ2v) is 9.41. The molecular formula is C20H14BrN3O3S2. The standard InChI is InChI=1S/C20H14BrN3O3S2/c21-18-4-2-1-3-17(18)19-10-7-15(28-19)11-13(12-22)20(25)24-14-5-8-16(9-6-14)29(23,26)27/h1-11H,(H,24,25)(H2,23,26,27)/b13-11+. The van der Waals surface area contributed by atoms with Crippen LogP contribution < -0.4 is 10.5 Å². The van der Waals surface area contributed by atoms with Crippen LogP contribution in [0.2, 0.25) is 0 Å². The number of carbonyl (C=O) groups excluding carboxylic acids is 1. The zero-order chi connectivity index (χ0) is 21.0. The molecule has 0 saturated carbocycles. The average molecular weight is 488 g/mol. The van der Waals surface area contributed by atoms with Crippen molar-refractivity contribution >= 4 is 55.0 Å². The van der Waals surface area contributed by atoms with E-state index in [1.165, 1.54) is 41.7 Å². The lowest BCUT2D eigenvalue weighted by Crippen LogP contribution is -2.14. The number of anilines is 1. The summed E-state index contributed by atoms with van der Waals surface area (Å²) in [6.07, 6.45) is 1.51. The maximum atomic E-state index is 12.4. The Morgan fingerprint density at radius 1 is 1.10 bits per heavy atom. The molecule has 0 aliphatic carbocycles. The van der Waals surface area contributed by atoms with E-state index in [-0.39, 0.29) is 10.5 Å². The first-order valence-corrected chi connectivity index (χ1v) is 11.3. The van der Waals surface area contributed by atoms with Crippen LogP contribution in [0.15, 0.2) is 75.6 Å². The number of nitriles is 1. The number of hydrogen-bond donors (Lipinski definition) is 2. The summed E-state index contributed by atoms with van der Waals surface area (Å²) >= 11 is 4.97. The van der Waals surface area contributed by atoms with Gasteiger partial charge in [-0.2, -0.15) is 5.26 Å². The number of primary sulfonamides is 1. The van der Waals surface area contributed by atoms with Gasteiger partial charge in [-0.3, -0.25) is 4.79 Å². The van der Waals surface area contributed by atoms with Gasteiger partial charge >= 0.3 is 0 Å². The lowest BCUT2D eigenvalue weighted by molar-refractivity contribution is -0.112.